The molecule has 9 heteroatoms. The van der Waals surface area contributed by atoms with Gasteiger partial charge in [0.1, 0.15) is 6.61 Å². The fourth-order valence-electron chi connectivity index (χ4n) is 4.66. The van der Waals surface area contributed by atoms with Gasteiger partial charge in [0.2, 0.25) is 17.5 Å². The molecule has 1 N–H and O–H groups in total. The third-order valence-electron chi connectivity index (χ3n) is 6.59. The van der Waals surface area contributed by atoms with Crippen molar-refractivity contribution in [3.05, 3.63) is 88.0 Å². The molecule has 3 nitrogen and oxygen atoms in total. The Labute approximate surface area is 204 Å². The number of rotatable bonds is 7. The summed E-state index contributed by atoms with van der Waals surface area (Å²) >= 11 is 0. The standard InChI is InChI=1S/C27H24F6O3/c1-2-35-20-11-9-18(24(30)26(20)32)15-5-3-14(4-6-15)17-8-7-16(22(28)23(17)29)13-36-21-12-10-19(34)25(31)27(21)33/h7-12,14-15,34H,2-6,13H2,1H3. The largest absolute Gasteiger partial charge is 0.505 e. The number of benzene rings is 3. The number of phenolic OH excluding ortho intramolecular Hbond substituents is 1. The topological polar surface area (TPSA) is 38.7 Å². The number of ether oxygens (including phenoxy) is 2. The molecule has 0 heterocycles. The van der Waals surface area contributed by atoms with Crippen molar-refractivity contribution in [1.29, 1.82) is 0 Å². The first-order valence-electron chi connectivity index (χ1n) is 11.6. The highest BCUT2D eigenvalue weighted by Crippen LogP contribution is 2.43. The van der Waals surface area contributed by atoms with Crippen LogP contribution in [0, 0.1) is 34.9 Å². The highest BCUT2D eigenvalue weighted by Gasteiger charge is 2.29. The SMILES string of the molecule is CCOc1ccc(C2CCC(c3ccc(COc4ccc(O)c(F)c4F)c(F)c3F)CC2)c(F)c1F. The fraction of sp³-hybridized carbons (Fsp3) is 0.333. The number of hydrogen-bond acceptors (Lipinski definition) is 3. The predicted molar refractivity (Wildman–Crippen MR) is 120 cm³/mol. The number of halogens is 6. The van der Waals surface area contributed by atoms with Crippen LogP contribution in [0.15, 0.2) is 36.4 Å². The quantitative estimate of drug-likeness (QED) is 0.332. The highest BCUT2D eigenvalue weighted by molar-refractivity contribution is 5.36. The third-order valence-corrected chi connectivity index (χ3v) is 6.59. The molecule has 1 aliphatic carbocycles. The second-order valence-electron chi connectivity index (χ2n) is 8.70. The van der Waals surface area contributed by atoms with Gasteiger partial charge in [-0.1, -0.05) is 18.2 Å². The van der Waals surface area contributed by atoms with E-state index in [-0.39, 0.29) is 40.9 Å². The van der Waals surface area contributed by atoms with E-state index in [1.165, 1.54) is 24.3 Å². The van der Waals surface area contributed by atoms with E-state index in [0.29, 0.717) is 25.7 Å². The minimum absolute atomic E-state index is 0.146. The summed E-state index contributed by atoms with van der Waals surface area (Å²) in [5, 5.41) is 9.16. The second kappa shape index (κ2) is 10.7. The van der Waals surface area contributed by atoms with Crippen molar-refractivity contribution in [2.24, 2.45) is 0 Å². The van der Waals surface area contributed by atoms with Crippen molar-refractivity contribution >= 4 is 0 Å². The van der Waals surface area contributed by atoms with Crippen LogP contribution in [0.1, 0.15) is 61.1 Å². The number of aromatic hydroxyl groups is 1. The van der Waals surface area contributed by atoms with Gasteiger partial charge < -0.3 is 14.6 Å². The Morgan fingerprint density at radius 2 is 1.14 bits per heavy atom. The Morgan fingerprint density at radius 1 is 0.639 bits per heavy atom. The summed E-state index contributed by atoms with van der Waals surface area (Å²) in [5.74, 6) is -9.30. The van der Waals surface area contributed by atoms with Gasteiger partial charge in [0.25, 0.3) is 0 Å². The summed E-state index contributed by atoms with van der Waals surface area (Å²) in [6, 6.07) is 7.51. The van der Waals surface area contributed by atoms with Crippen molar-refractivity contribution in [3.8, 4) is 17.2 Å². The van der Waals surface area contributed by atoms with Crippen LogP contribution in [-0.2, 0) is 6.61 Å². The lowest BCUT2D eigenvalue weighted by Crippen LogP contribution is -2.16. The Bertz CT molecular complexity index is 1250. The van der Waals surface area contributed by atoms with Crippen LogP contribution in [0.5, 0.6) is 17.2 Å². The van der Waals surface area contributed by atoms with E-state index in [1.54, 1.807) is 6.92 Å². The molecular formula is C27H24F6O3. The molecular weight excluding hydrogens is 486 g/mol. The van der Waals surface area contributed by atoms with Gasteiger partial charge in [-0.3, -0.25) is 0 Å². The van der Waals surface area contributed by atoms with Gasteiger partial charge in [0.05, 0.1) is 6.61 Å². The van der Waals surface area contributed by atoms with Crippen LogP contribution < -0.4 is 9.47 Å². The second-order valence-corrected chi connectivity index (χ2v) is 8.70. The van der Waals surface area contributed by atoms with Gasteiger partial charge in [0, 0.05) is 5.56 Å². The van der Waals surface area contributed by atoms with Gasteiger partial charge in [-0.2, -0.15) is 13.2 Å². The van der Waals surface area contributed by atoms with Crippen molar-refractivity contribution in [2.45, 2.75) is 51.0 Å². The summed E-state index contributed by atoms with van der Waals surface area (Å²) in [4.78, 5) is 0. The minimum Gasteiger partial charge on any atom is -0.505 e. The van der Waals surface area contributed by atoms with Crippen LogP contribution in [0.2, 0.25) is 0 Å². The summed E-state index contributed by atoms with van der Waals surface area (Å²) in [5.41, 5.74) is 0.214. The van der Waals surface area contributed by atoms with Gasteiger partial charge in [-0.05, 0) is 73.8 Å². The molecule has 3 aromatic rings. The number of phenols is 1. The van der Waals surface area contributed by atoms with Crippen LogP contribution in [0.25, 0.3) is 0 Å². The molecule has 0 atom stereocenters. The molecule has 1 fully saturated rings. The first-order valence-corrected chi connectivity index (χ1v) is 11.6. The highest BCUT2D eigenvalue weighted by atomic mass is 19.2. The smallest absolute Gasteiger partial charge is 0.204 e. The molecule has 1 saturated carbocycles. The Morgan fingerprint density at radius 3 is 1.75 bits per heavy atom. The van der Waals surface area contributed by atoms with E-state index in [0.717, 1.165) is 12.1 Å². The monoisotopic (exact) mass is 510 g/mol. The summed E-state index contributed by atoms with van der Waals surface area (Å²) in [6.07, 6.45) is 1.82. The van der Waals surface area contributed by atoms with Crippen LogP contribution >= 0.6 is 0 Å². The van der Waals surface area contributed by atoms with E-state index in [9.17, 15) is 26.3 Å². The molecule has 0 radical (unpaired) electrons. The third kappa shape index (κ3) is 4.96. The van der Waals surface area contributed by atoms with Crippen LogP contribution in [-0.4, -0.2) is 11.7 Å². The maximum Gasteiger partial charge on any atom is 0.204 e. The van der Waals surface area contributed by atoms with E-state index in [4.69, 9.17) is 14.6 Å². The summed E-state index contributed by atoms with van der Waals surface area (Å²) < 4.78 is 95.9. The van der Waals surface area contributed by atoms with Crippen molar-refractivity contribution in [2.75, 3.05) is 6.61 Å². The molecule has 1 aliphatic rings. The lowest BCUT2D eigenvalue weighted by atomic mass is 9.75. The Hall–Kier alpha value is -3.36. The maximum atomic E-state index is 14.9. The van der Waals surface area contributed by atoms with E-state index < -0.39 is 53.0 Å². The van der Waals surface area contributed by atoms with Gasteiger partial charge in [-0.25, -0.2) is 13.2 Å². The molecule has 0 aromatic heterocycles. The molecule has 0 unspecified atom stereocenters. The molecule has 192 valence electrons. The first kappa shape index (κ1) is 25.7. The molecule has 0 spiro atoms. The average molecular weight is 510 g/mol. The molecule has 0 amide bonds. The lowest BCUT2D eigenvalue weighted by Gasteiger charge is -2.30. The maximum absolute atomic E-state index is 14.9. The van der Waals surface area contributed by atoms with Gasteiger partial charge in [-0.15, -0.1) is 0 Å². The normalized spacial score (nSPS) is 17.8. The van der Waals surface area contributed by atoms with Crippen LogP contribution in [0.3, 0.4) is 0 Å². The average Bonchev–Trinajstić information content (AvgIpc) is 2.88. The zero-order valence-electron chi connectivity index (χ0n) is 19.4. The van der Waals surface area contributed by atoms with E-state index >= 15 is 0 Å². The summed E-state index contributed by atoms with van der Waals surface area (Å²) in [6.45, 7) is 1.32. The van der Waals surface area contributed by atoms with E-state index in [1.807, 2.05) is 0 Å². The molecule has 0 aliphatic heterocycles. The molecule has 0 saturated heterocycles. The first-order chi connectivity index (χ1) is 17.2. The summed E-state index contributed by atoms with van der Waals surface area (Å²) in [7, 11) is 0. The van der Waals surface area contributed by atoms with Crippen molar-refractivity contribution < 1.29 is 40.9 Å². The van der Waals surface area contributed by atoms with Crippen molar-refractivity contribution in [3.63, 3.8) is 0 Å². The van der Waals surface area contributed by atoms with Crippen molar-refractivity contribution in [1.82, 2.24) is 0 Å². The van der Waals surface area contributed by atoms with E-state index in [2.05, 4.69) is 0 Å². The lowest BCUT2D eigenvalue weighted by molar-refractivity contribution is 0.274. The number of hydrogen-bond donors (Lipinski definition) is 1. The Balaban J connectivity index is 1.43. The molecule has 36 heavy (non-hydrogen) atoms. The molecule has 0 bridgehead atoms. The zero-order chi connectivity index (χ0) is 26.0. The molecule has 4 rings (SSSR count). The van der Waals surface area contributed by atoms with Crippen LogP contribution in [0.4, 0.5) is 26.3 Å². The van der Waals surface area contributed by atoms with Gasteiger partial charge in [0.15, 0.2) is 34.7 Å². The minimum atomic E-state index is -1.50. The van der Waals surface area contributed by atoms with Gasteiger partial charge >= 0.3 is 0 Å². The fourth-order valence-corrected chi connectivity index (χ4v) is 4.66. The zero-order valence-corrected chi connectivity index (χ0v) is 19.4. The predicted octanol–water partition coefficient (Wildman–Crippen LogP) is 7.65. The Kier molecular flexibility index (Phi) is 7.66. The molecule has 3 aromatic carbocycles.